The number of aromatic nitrogens is 2. The van der Waals surface area contributed by atoms with E-state index in [-0.39, 0.29) is 5.69 Å². The third kappa shape index (κ3) is 3.10. The van der Waals surface area contributed by atoms with Gasteiger partial charge in [0.2, 0.25) is 0 Å². The van der Waals surface area contributed by atoms with E-state index in [4.69, 9.17) is 0 Å². The summed E-state index contributed by atoms with van der Waals surface area (Å²) in [6, 6.07) is 9.99. The molecule has 0 aliphatic carbocycles. The van der Waals surface area contributed by atoms with Gasteiger partial charge in [0, 0.05) is 11.3 Å². The number of carbonyl (C=O) groups excluding carboxylic acids is 1. The zero-order valence-electron chi connectivity index (χ0n) is 13.0. The Bertz CT molecular complexity index is 872. The molecule has 0 aliphatic rings. The molecular weight excluding hydrogens is 319 g/mol. The number of halogens is 3. The summed E-state index contributed by atoms with van der Waals surface area (Å²) >= 11 is 0. The number of hydrogen-bond acceptors (Lipinski definition) is 2. The highest BCUT2D eigenvalue weighted by Gasteiger charge is 2.38. The summed E-state index contributed by atoms with van der Waals surface area (Å²) in [5.41, 5.74) is 4.77. The van der Waals surface area contributed by atoms with Gasteiger partial charge in [0.05, 0.1) is 11.0 Å². The van der Waals surface area contributed by atoms with Crippen LogP contribution in [-0.4, -0.2) is 22.1 Å². The quantitative estimate of drug-likeness (QED) is 0.732. The van der Waals surface area contributed by atoms with Crippen molar-refractivity contribution in [3.63, 3.8) is 0 Å². The van der Waals surface area contributed by atoms with Crippen molar-refractivity contribution in [3.05, 3.63) is 47.5 Å². The molecule has 0 bridgehead atoms. The van der Waals surface area contributed by atoms with Crippen LogP contribution in [-0.2, 0) is 4.79 Å². The Morgan fingerprint density at radius 3 is 2.33 bits per heavy atom. The molecule has 3 rings (SSSR count). The molecule has 1 heterocycles. The summed E-state index contributed by atoms with van der Waals surface area (Å²) < 4.78 is 36.7. The monoisotopic (exact) mass is 333 g/mol. The van der Waals surface area contributed by atoms with Gasteiger partial charge < -0.3 is 10.3 Å². The number of imidazole rings is 1. The van der Waals surface area contributed by atoms with Crippen LogP contribution in [0, 0.1) is 13.8 Å². The van der Waals surface area contributed by atoms with Crippen molar-refractivity contribution in [2.24, 2.45) is 0 Å². The second kappa shape index (κ2) is 5.67. The molecule has 7 heteroatoms. The van der Waals surface area contributed by atoms with Gasteiger partial charge in [-0.15, -0.1) is 0 Å². The number of fused-ring (bicyclic) bond motifs is 1. The maximum atomic E-state index is 12.2. The molecule has 2 N–H and O–H groups in total. The SMILES string of the molecule is Cc1cc2nc(-c3ccc(NC(=O)C(F)(F)F)cc3)[nH]c2cc1C. The van der Waals surface area contributed by atoms with E-state index >= 15 is 0 Å². The maximum Gasteiger partial charge on any atom is 0.471 e. The fourth-order valence-corrected chi connectivity index (χ4v) is 2.32. The number of anilines is 1. The molecule has 3 aromatic rings. The van der Waals surface area contributed by atoms with Gasteiger partial charge in [-0.2, -0.15) is 13.2 Å². The maximum absolute atomic E-state index is 12.2. The molecule has 0 unspecified atom stereocenters. The lowest BCUT2D eigenvalue weighted by molar-refractivity contribution is -0.167. The predicted octanol–water partition coefficient (Wildman–Crippen LogP) is 4.35. The Balaban J connectivity index is 1.87. The Hall–Kier alpha value is -2.83. The molecule has 0 saturated heterocycles. The lowest BCUT2D eigenvalue weighted by atomic mass is 10.1. The average Bonchev–Trinajstić information content (AvgIpc) is 2.90. The van der Waals surface area contributed by atoms with Crippen molar-refractivity contribution in [1.82, 2.24) is 9.97 Å². The van der Waals surface area contributed by atoms with E-state index in [1.165, 1.54) is 12.1 Å². The minimum absolute atomic E-state index is 0.0730. The average molecular weight is 333 g/mol. The largest absolute Gasteiger partial charge is 0.471 e. The number of amides is 1. The van der Waals surface area contributed by atoms with Crippen LogP contribution in [0.15, 0.2) is 36.4 Å². The molecule has 24 heavy (non-hydrogen) atoms. The van der Waals surface area contributed by atoms with Crippen molar-refractivity contribution in [3.8, 4) is 11.4 Å². The smallest absolute Gasteiger partial charge is 0.338 e. The fourth-order valence-electron chi connectivity index (χ4n) is 2.32. The summed E-state index contributed by atoms with van der Waals surface area (Å²) in [6.45, 7) is 4.01. The number of carbonyl (C=O) groups is 1. The van der Waals surface area contributed by atoms with E-state index < -0.39 is 12.1 Å². The highest BCUT2D eigenvalue weighted by Crippen LogP contribution is 2.25. The first-order valence-corrected chi connectivity index (χ1v) is 7.19. The van der Waals surface area contributed by atoms with Gasteiger partial charge in [-0.05, 0) is 61.4 Å². The van der Waals surface area contributed by atoms with Crippen LogP contribution < -0.4 is 5.32 Å². The number of nitrogens with zero attached hydrogens (tertiary/aromatic N) is 1. The zero-order chi connectivity index (χ0) is 17.5. The zero-order valence-corrected chi connectivity index (χ0v) is 13.0. The molecule has 0 saturated carbocycles. The summed E-state index contributed by atoms with van der Waals surface area (Å²) in [5.74, 6) is -1.38. The molecule has 0 radical (unpaired) electrons. The van der Waals surface area contributed by atoms with Gasteiger partial charge in [0.15, 0.2) is 0 Å². The molecule has 0 spiro atoms. The predicted molar refractivity (Wildman–Crippen MR) is 85.7 cm³/mol. The summed E-state index contributed by atoms with van der Waals surface area (Å²) in [4.78, 5) is 18.6. The van der Waals surface area contributed by atoms with Crippen LogP contribution in [0.3, 0.4) is 0 Å². The van der Waals surface area contributed by atoms with Crippen LogP contribution in [0.25, 0.3) is 22.4 Å². The number of H-pyrrole nitrogens is 1. The number of rotatable bonds is 2. The highest BCUT2D eigenvalue weighted by atomic mass is 19.4. The van der Waals surface area contributed by atoms with Crippen molar-refractivity contribution in [1.29, 1.82) is 0 Å². The number of hydrogen-bond donors (Lipinski definition) is 2. The molecule has 124 valence electrons. The van der Waals surface area contributed by atoms with Crippen LogP contribution >= 0.6 is 0 Å². The Labute approximate surface area is 135 Å². The Kier molecular flexibility index (Phi) is 3.79. The van der Waals surface area contributed by atoms with Crippen molar-refractivity contribution >= 4 is 22.6 Å². The lowest BCUT2D eigenvalue weighted by Crippen LogP contribution is -2.29. The highest BCUT2D eigenvalue weighted by molar-refractivity contribution is 5.95. The number of aromatic amines is 1. The number of alkyl halides is 3. The molecule has 0 aliphatic heterocycles. The molecule has 1 amide bonds. The number of aryl methyl sites for hydroxylation is 2. The third-order valence-electron chi connectivity index (χ3n) is 3.77. The number of benzene rings is 2. The van der Waals surface area contributed by atoms with E-state index in [1.54, 1.807) is 12.1 Å². The van der Waals surface area contributed by atoms with E-state index in [1.807, 2.05) is 31.3 Å². The van der Waals surface area contributed by atoms with Crippen molar-refractivity contribution in [2.75, 3.05) is 5.32 Å². The summed E-state index contributed by atoms with van der Waals surface area (Å²) in [6.07, 6.45) is -4.91. The van der Waals surface area contributed by atoms with Crippen LogP contribution in [0.1, 0.15) is 11.1 Å². The molecule has 0 atom stereocenters. The minimum Gasteiger partial charge on any atom is -0.338 e. The number of nitrogens with one attached hydrogen (secondary N) is 2. The normalized spacial score (nSPS) is 11.7. The van der Waals surface area contributed by atoms with Crippen LogP contribution in [0.4, 0.5) is 18.9 Å². The third-order valence-corrected chi connectivity index (χ3v) is 3.77. The van der Waals surface area contributed by atoms with Crippen molar-refractivity contribution in [2.45, 2.75) is 20.0 Å². The van der Waals surface area contributed by atoms with E-state index in [0.29, 0.717) is 11.4 Å². The summed E-state index contributed by atoms with van der Waals surface area (Å²) in [7, 11) is 0. The van der Waals surface area contributed by atoms with Gasteiger partial charge in [0.1, 0.15) is 5.82 Å². The standard InChI is InChI=1S/C17H14F3N3O/c1-9-7-13-14(8-10(9)2)23-15(22-13)11-3-5-12(6-4-11)21-16(24)17(18,19)20/h3-8H,1-2H3,(H,21,24)(H,22,23). The summed E-state index contributed by atoms with van der Waals surface area (Å²) in [5, 5.41) is 1.81. The topological polar surface area (TPSA) is 57.8 Å². The van der Waals surface area contributed by atoms with Crippen molar-refractivity contribution < 1.29 is 18.0 Å². The van der Waals surface area contributed by atoms with Gasteiger partial charge in [-0.25, -0.2) is 4.98 Å². The van der Waals surface area contributed by atoms with Gasteiger partial charge in [0.25, 0.3) is 0 Å². The first-order chi connectivity index (χ1) is 11.2. The minimum atomic E-state index is -4.91. The molecule has 0 fully saturated rings. The fraction of sp³-hybridized carbons (Fsp3) is 0.176. The van der Waals surface area contributed by atoms with E-state index in [9.17, 15) is 18.0 Å². The molecule has 4 nitrogen and oxygen atoms in total. The van der Waals surface area contributed by atoms with Gasteiger partial charge in [-0.3, -0.25) is 4.79 Å². The second-order valence-electron chi connectivity index (χ2n) is 5.57. The Morgan fingerprint density at radius 1 is 1.08 bits per heavy atom. The molecular formula is C17H14F3N3O. The van der Waals surface area contributed by atoms with Crippen LogP contribution in [0.5, 0.6) is 0 Å². The van der Waals surface area contributed by atoms with Gasteiger partial charge in [-0.1, -0.05) is 0 Å². The van der Waals surface area contributed by atoms with Crippen LogP contribution in [0.2, 0.25) is 0 Å². The van der Waals surface area contributed by atoms with Gasteiger partial charge >= 0.3 is 12.1 Å². The van der Waals surface area contributed by atoms with E-state index in [0.717, 1.165) is 22.2 Å². The lowest BCUT2D eigenvalue weighted by Gasteiger charge is -2.08. The molecule has 1 aromatic heterocycles. The second-order valence-corrected chi connectivity index (χ2v) is 5.57. The Morgan fingerprint density at radius 2 is 1.71 bits per heavy atom. The van der Waals surface area contributed by atoms with E-state index in [2.05, 4.69) is 9.97 Å². The first kappa shape index (κ1) is 16.0. The first-order valence-electron chi connectivity index (χ1n) is 7.19. The molecule has 2 aromatic carbocycles.